The highest BCUT2D eigenvalue weighted by Crippen LogP contribution is 2.16. The Morgan fingerprint density at radius 3 is 2.61 bits per heavy atom. The molecule has 4 nitrogen and oxygen atoms in total. The lowest BCUT2D eigenvalue weighted by Crippen LogP contribution is -2.36. The van der Waals surface area contributed by atoms with Gasteiger partial charge in [0.2, 0.25) is 5.91 Å². The number of aliphatic hydroxyl groups is 1. The highest BCUT2D eigenvalue weighted by Gasteiger charge is 2.09. The zero-order valence-corrected chi connectivity index (χ0v) is 13.7. The van der Waals surface area contributed by atoms with Crippen molar-refractivity contribution in [3.05, 3.63) is 64.7 Å². The third kappa shape index (κ3) is 5.93. The van der Waals surface area contributed by atoms with Gasteiger partial charge in [-0.25, -0.2) is 0 Å². The van der Waals surface area contributed by atoms with Gasteiger partial charge in [-0.1, -0.05) is 41.9 Å². The van der Waals surface area contributed by atoms with E-state index in [1.54, 1.807) is 24.3 Å². The molecule has 1 unspecified atom stereocenters. The van der Waals surface area contributed by atoms with E-state index >= 15 is 0 Å². The van der Waals surface area contributed by atoms with Gasteiger partial charge < -0.3 is 15.2 Å². The van der Waals surface area contributed by atoms with Crippen LogP contribution in [0.2, 0.25) is 5.02 Å². The van der Waals surface area contributed by atoms with E-state index in [1.807, 2.05) is 31.2 Å². The standard InChI is InChI=1S/C18H20ClNO3/c1-13-4-2-3-5-17(13)23-12-16(21)11-20-18(22)10-14-6-8-15(19)9-7-14/h2-9,16,21H,10-12H2,1H3,(H,20,22). The number of rotatable bonds is 7. The Labute approximate surface area is 141 Å². The van der Waals surface area contributed by atoms with Crippen LogP contribution in [-0.2, 0) is 11.2 Å². The van der Waals surface area contributed by atoms with Gasteiger partial charge in [-0.05, 0) is 36.2 Å². The quantitative estimate of drug-likeness (QED) is 0.819. The molecule has 0 saturated heterocycles. The molecule has 2 rings (SSSR count). The van der Waals surface area contributed by atoms with Crippen molar-refractivity contribution in [3.8, 4) is 5.75 Å². The van der Waals surface area contributed by atoms with E-state index in [0.717, 1.165) is 16.9 Å². The van der Waals surface area contributed by atoms with Crippen molar-refractivity contribution in [2.75, 3.05) is 13.2 Å². The molecule has 5 heteroatoms. The molecule has 122 valence electrons. The number of carbonyl (C=O) groups is 1. The molecule has 2 aromatic carbocycles. The predicted octanol–water partition coefficient (Wildman–Crippen LogP) is 2.75. The lowest BCUT2D eigenvalue weighted by atomic mass is 10.1. The summed E-state index contributed by atoms with van der Waals surface area (Å²) in [5, 5.41) is 13.2. The van der Waals surface area contributed by atoms with Gasteiger partial charge in [0.05, 0.1) is 6.42 Å². The highest BCUT2D eigenvalue weighted by molar-refractivity contribution is 6.30. The van der Waals surface area contributed by atoms with Gasteiger partial charge in [-0.15, -0.1) is 0 Å². The summed E-state index contributed by atoms with van der Waals surface area (Å²) in [5.41, 5.74) is 1.88. The van der Waals surface area contributed by atoms with Crippen LogP contribution in [0.4, 0.5) is 0 Å². The number of hydrogen-bond acceptors (Lipinski definition) is 3. The molecule has 2 N–H and O–H groups in total. The maximum atomic E-state index is 11.8. The Morgan fingerprint density at radius 2 is 1.91 bits per heavy atom. The first-order valence-electron chi connectivity index (χ1n) is 7.42. The number of nitrogens with one attached hydrogen (secondary N) is 1. The summed E-state index contributed by atoms with van der Waals surface area (Å²) in [6.45, 7) is 2.22. The van der Waals surface area contributed by atoms with Crippen LogP contribution in [0.5, 0.6) is 5.75 Å². The first-order valence-corrected chi connectivity index (χ1v) is 7.80. The lowest BCUT2D eigenvalue weighted by Gasteiger charge is -2.14. The van der Waals surface area contributed by atoms with Gasteiger partial charge in [0.25, 0.3) is 0 Å². The fourth-order valence-electron chi connectivity index (χ4n) is 2.05. The molecule has 23 heavy (non-hydrogen) atoms. The Hall–Kier alpha value is -2.04. The number of carbonyl (C=O) groups excluding carboxylic acids is 1. The molecule has 0 spiro atoms. The van der Waals surface area contributed by atoms with Crippen LogP contribution < -0.4 is 10.1 Å². The second kappa shape index (κ2) is 8.56. The van der Waals surface area contributed by atoms with Crippen molar-refractivity contribution in [1.82, 2.24) is 5.32 Å². The summed E-state index contributed by atoms with van der Waals surface area (Å²) in [4.78, 5) is 11.8. The lowest BCUT2D eigenvalue weighted by molar-refractivity contribution is -0.121. The van der Waals surface area contributed by atoms with Gasteiger partial charge in [0, 0.05) is 11.6 Å². The number of aliphatic hydroxyl groups excluding tert-OH is 1. The summed E-state index contributed by atoms with van der Waals surface area (Å²) in [6, 6.07) is 14.7. The van der Waals surface area contributed by atoms with Crippen molar-refractivity contribution >= 4 is 17.5 Å². The average molecular weight is 334 g/mol. The van der Waals surface area contributed by atoms with Crippen LogP contribution in [0.15, 0.2) is 48.5 Å². The van der Waals surface area contributed by atoms with Crippen molar-refractivity contribution in [2.45, 2.75) is 19.4 Å². The van der Waals surface area contributed by atoms with Crippen molar-refractivity contribution in [3.63, 3.8) is 0 Å². The van der Waals surface area contributed by atoms with E-state index in [0.29, 0.717) is 5.02 Å². The number of halogens is 1. The number of ether oxygens (including phenoxy) is 1. The minimum absolute atomic E-state index is 0.131. The summed E-state index contributed by atoms with van der Waals surface area (Å²) >= 11 is 5.80. The molecule has 0 fully saturated rings. The van der Waals surface area contributed by atoms with Crippen molar-refractivity contribution in [2.24, 2.45) is 0 Å². The molecule has 0 aliphatic rings. The Balaban J connectivity index is 1.71. The molecule has 0 aliphatic carbocycles. The molecule has 0 radical (unpaired) electrons. The molecule has 0 bridgehead atoms. The molecular formula is C18H20ClNO3. The van der Waals surface area contributed by atoms with E-state index in [9.17, 15) is 9.90 Å². The van der Waals surface area contributed by atoms with E-state index in [-0.39, 0.29) is 25.5 Å². The number of amides is 1. The average Bonchev–Trinajstić information content (AvgIpc) is 2.54. The monoisotopic (exact) mass is 333 g/mol. The zero-order chi connectivity index (χ0) is 16.7. The molecule has 1 amide bonds. The summed E-state index contributed by atoms with van der Waals surface area (Å²) < 4.78 is 5.55. The number of aryl methyl sites for hydroxylation is 1. The molecule has 0 aromatic heterocycles. The summed E-state index contributed by atoms with van der Waals surface area (Å²) in [7, 11) is 0. The smallest absolute Gasteiger partial charge is 0.224 e. The highest BCUT2D eigenvalue weighted by atomic mass is 35.5. The molecular weight excluding hydrogens is 314 g/mol. The molecule has 0 heterocycles. The Bertz CT molecular complexity index is 643. The SMILES string of the molecule is Cc1ccccc1OCC(O)CNC(=O)Cc1ccc(Cl)cc1. The van der Waals surface area contributed by atoms with Crippen molar-refractivity contribution < 1.29 is 14.6 Å². The molecule has 0 saturated carbocycles. The largest absolute Gasteiger partial charge is 0.491 e. The summed E-state index contributed by atoms with van der Waals surface area (Å²) in [5.74, 6) is 0.585. The second-order valence-electron chi connectivity index (χ2n) is 5.34. The van der Waals surface area contributed by atoms with E-state index < -0.39 is 6.10 Å². The van der Waals surface area contributed by atoms with Crippen LogP contribution >= 0.6 is 11.6 Å². The molecule has 1 atom stereocenters. The fraction of sp³-hybridized carbons (Fsp3) is 0.278. The van der Waals surface area contributed by atoms with Crippen LogP contribution in [0.1, 0.15) is 11.1 Å². The van der Waals surface area contributed by atoms with Gasteiger partial charge >= 0.3 is 0 Å². The normalized spacial score (nSPS) is 11.8. The predicted molar refractivity (Wildman–Crippen MR) is 90.8 cm³/mol. The van der Waals surface area contributed by atoms with Crippen LogP contribution in [0, 0.1) is 6.92 Å². The number of hydrogen-bond donors (Lipinski definition) is 2. The van der Waals surface area contributed by atoms with Gasteiger partial charge in [0.15, 0.2) is 0 Å². The van der Waals surface area contributed by atoms with Crippen molar-refractivity contribution in [1.29, 1.82) is 0 Å². The third-order valence-corrected chi connectivity index (χ3v) is 3.59. The Morgan fingerprint density at radius 1 is 1.22 bits per heavy atom. The molecule has 0 aliphatic heterocycles. The first kappa shape index (κ1) is 17.3. The molecule has 2 aromatic rings. The van der Waals surface area contributed by atoms with E-state index in [1.165, 1.54) is 0 Å². The fourth-order valence-corrected chi connectivity index (χ4v) is 2.17. The van der Waals surface area contributed by atoms with Gasteiger partial charge in [-0.2, -0.15) is 0 Å². The van der Waals surface area contributed by atoms with E-state index in [4.69, 9.17) is 16.3 Å². The third-order valence-electron chi connectivity index (χ3n) is 3.34. The van der Waals surface area contributed by atoms with Gasteiger partial charge in [-0.3, -0.25) is 4.79 Å². The zero-order valence-electron chi connectivity index (χ0n) is 13.0. The van der Waals surface area contributed by atoms with E-state index in [2.05, 4.69) is 5.32 Å². The maximum Gasteiger partial charge on any atom is 0.224 e. The first-order chi connectivity index (χ1) is 11.0. The topological polar surface area (TPSA) is 58.6 Å². The van der Waals surface area contributed by atoms with Crippen LogP contribution in [-0.4, -0.2) is 30.3 Å². The van der Waals surface area contributed by atoms with Gasteiger partial charge in [0.1, 0.15) is 18.5 Å². The minimum atomic E-state index is -0.760. The number of benzene rings is 2. The minimum Gasteiger partial charge on any atom is -0.491 e. The van der Waals surface area contributed by atoms with Crippen LogP contribution in [0.25, 0.3) is 0 Å². The maximum absolute atomic E-state index is 11.8. The number of para-hydroxylation sites is 1. The Kier molecular flexibility index (Phi) is 6.44. The van der Waals surface area contributed by atoms with Crippen LogP contribution in [0.3, 0.4) is 0 Å². The summed E-state index contributed by atoms with van der Waals surface area (Å²) in [6.07, 6.45) is -0.508. The second-order valence-corrected chi connectivity index (χ2v) is 5.77.